The molecule has 0 spiro atoms. The largest absolute Gasteiger partial charge is 0.381 e. The summed E-state index contributed by atoms with van der Waals surface area (Å²) in [6.07, 6.45) is 10.7. The van der Waals surface area contributed by atoms with E-state index in [2.05, 4.69) is 38.2 Å². The maximum Gasteiger partial charge on any atom is 0.163 e. The Balaban J connectivity index is 2.47. The molecule has 4 heteroatoms. The minimum atomic E-state index is -0.468. The molecule has 0 aromatic carbocycles. The monoisotopic (exact) mass is 356 g/mol. The van der Waals surface area contributed by atoms with Gasteiger partial charge < -0.3 is 14.2 Å². The number of hydrogen-bond donors (Lipinski definition) is 0. The van der Waals surface area contributed by atoms with Gasteiger partial charge in [0.25, 0.3) is 0 Å². The molecule has 1 rings (SSSR count). The quantitative estimate of drug-likeness (QED) is 0.320. The maximum absolute atomic E-state index is 5.83. The van der Waals surface area contributed by atoms with Gasteiger partial charge in [0.05, 0.1) is 12.7 Å². The fourth-order valence-electron chi connectivity index (χ4n) is 2.73. The minimum Gasteiger partial charge on any atom is -0.381 e. The van der Waals surface area contributed by atoms with E-state index in [0.717, 1.165) is 18.4 Å². The SMILES string of the molecule is CO[C@@H](CC/C(C)=C\C1COC(C)(C)O1)[C@@H](C)/C=C/C=C(/C)CCl. The number of methoxy groups -OCH3 is 1. The lowest BCUT2D eigenvalue weighted by molar-refractivity contribution is -0.133. The predicted octanol–water partition coefficient (Wildman–Crippen LogP) is 5.26. The number of ether oxygens (including phenoxy) is 3. The summed E-state index contributed by atoms with van der Waals surface area (Å²) in [6.45, 7) is 10.9. The van der Waals surface area contributed by atoms with Crippen molar-refractivity contribution in [3.8, 4) is 0 Å². The van der Waals surface area contributed by atoms with Crippen LogP contribution in [0.25, 0.3) is 0 Å². The molecular formula is C20H33ClO3. The van der Waals surface area contributed by atoms with E-state index in [1.54, 1.807) is 7.11 Å². The van der Waals surface area contributed by atoms with Crippen molar-refractivity contribution in [1.29, 1.82) is 0 Å². The molecule has 1 unspecified atom stereocenters. The number of halogens is 1. The normalized spacial score (nSPS) is 24.5. The molecule has 24 heavy (non-hydrogen) atoms. The molecule has 0 aromatic rings. The second-order valence-electron chi connectivity index (χ2n) is 7.08. The van der Waals surface area contributed by atoms with Crippen LogP contribution in [0, 0.1) is 5.92 Å². The zero-order valence-corrected chi connectivity index (χ0v) is 16.7. The Morgan fingerprint density at radius 1 is 1.33 bits per heavy atom. The molecule has 1 saturated heterocycles. The first-order valence-corrected chi connectivity index (χ1v) is 9.22. The Hall–Kier alpha value is -0.610. The van der Waals surface area contributed by atoms with E-state index in [1.165, 1.54) is 5.57 Å². The lowest BCUT2D eigenvalue weighted by Gasteiger charge is -2.20. The van der Waals surface area contributed by atoms with Crippen LogP contribution in [0.2, 0.25) is 0 Å². The van der Waals surface area contributed by atoms with Gasteiger partial charge in [-0.1, -0.05) is 42.4 Å². The number of alkyl halides is 1. The summed E-state index contributed by atoms with van der Waals surface area (Å²) in [5.41, 5.74) is 2.48. The molecule has 1 heterocycles. The van der Waals surface area contributed by atoms with E-state index >= 15 is 0 Å². The first-order chi connectivity index (χ1) is 11.3. The Kier molecular flexibility index (Phi) is 9.28. The van der Waals surface area contributed by atoms with Crippen molar-refractivity contribution in [2.24, 2.45) is 5.92 Å². The number of allylic oxidation sites excluding steroid dienone is 4. The second kappa shape index (κ2) is 10.4. The number of hydrogen-bond acceptors (Lipinski definition) is 3. The van der Waals surface area contributed by atoms with Crippen molar-refractivity contribution in [1.82, 2.24) is 0 Å². The van der Waals surface area contributed by atoms with Crippen molar-refractivity contribution in [3.63, 3.8) is 0 Å². The van der Waals surface area contributed by atoms with E-state index in [0.29, 0.717) is 18.4 Å². The third kappa shape index (κ3) is 7.98. The first-order valence-electron chi connectivity index (χ1n) is 8.69. The summed E-state index contributed by atoms with van der Waals surface area (Å²) in [4.78, 5) is 0. The Labute approximate surface area is 152 Å². The third-order valence-electron chi connectivity index (χ3n) is 4.22. The molecule has 0 aromatic heterocycles. The number of rotatable bonds is 9. The average Bonchev–Trinajstić information content (AvgIpc) is 2.86. The topological polar surface area (TPSA) is 27.7 Å². The molecule has 0 N–H and O–H groups in total. The summed E-state index contributed by atoms with van der Waals surface area (Å²) in [5.74, 6) is 0.456. The molecule has 3 nitrogen and oxygen atoms in total. The Morgan fingerprint density at radius 3 is 2.58 bits per heavy atom. The van der Waals surface area contributed by atoms with Gasteiger partial charge in [-0.15, -0.1) is 11.6 Å². The van der Waals surface area contributed by atoms with Gasteiger partial charge in [0, 0.05) is 18.9 Å². The molecule has 1 aliphatic heterocycles. The van der Waals surface area contributed by atoms with Gasteiger partial charge in [0.15, 0.2) is 5.79 Å². The highest BCUT2D eigenvalue weighted by Gasteiger charge is 2.31. The van der Waals surface area contributed by atoms with Crippen molar-refractivity contribution in [2.75, 3.05) is 19.6 Å². The highest BCUT2D eigenvalue weighted by atomic mass is 35.5. The lowest BCUT2D eigenvalue weighted by Crippen LogP contribution is -2.21. The maximum atomic E-state index is 5.83. The van der Waals surface area contributed by atoms with E-state index in [-0.39, 0.29) is 12.2 Å². The third-order valence-corrected chi connectivity index (χ3v) is 4.64. The van der Waals surface area contributed by atoms with Crippen LogP contribution in [0.4, 0.5) is 0 Å². The van der Waals surface area contributed by atoms with Crippen molar-refractivity contribution >= 4 is 11.6 Å². The van der Waals surface area contributed by atoms with Gasteiger partial charge >= 0.3 is 0 Å². The van der Waals surface area contributed by atoms with Crippen LogP contribution < -0.4 is 0 Å². The first kappa shape index (κ1) is 21.4. The standard InChI is InChI=1S/C20H33ClO3/c1-15(12-18-14-23-20(4,5)24-18)10-11-19(22-6)17(3)9-7-8-16(2)13-21/h7-9,12,17-19H,10-11,13-14H2,1-6H3/b9-7+,15-12-,16-8-/t17-,18?,19-/m0/s1. The van der Waals surface area contributed by atoms with Crippen LogP contribution in [0.3, 0.4) is 0 Å². The summed E-state index contributed by atoms with van der Waals surface area (Å²) in [6, 6.07) is 0. The molecule has 0 bridgehead atoms. The van der Waals surface area contributed by atoms with E-state index < -0.39 is 5.79 Å². The van der Waals surface area contributed by atoms with E-state index in [4.69, 9.17) is 25.8 Å². The molecule has 0 aliphatic carbocycles. The molecular weight excluding hydrogens is 324 g/mol. The van der Waals surface area contributed by atoms with Crippen LogP contribution in [0.15, 0.2) is 35.5 Å². The van der Waals surface area contributed by atoms with Crippen LogP contribution in [0.1, 0.15) is 47.5 Å². The molecule has 138 valence electrons. The van der Waals surface area contributed by atoms with Gasteiger partial charge in [-0.25, -0.2) is 0 Å². The van der Waals surface area contributed by atoms with Gasteiger partial charge in [0.1, 0.15) is 6.10 Å². The molecule has 0 amide bonds. The highest BCUT2D eigenvalue weighted by Crippen LogP contribution is 2.25. The van der Waals surface area contributed by atoms with Crippen LogP contribution in [-0.2, 0) is 14.2 Å². The van der Waals surface area contributed by atoms with Crippen molar-refractivity contribution < 1.29 is 14.2 Å². The molecule has 1 fully saturated rings. The molecule has 0 radical (unpaired) electrons. The second-order valence-corrected chi connectivity index (χ2v) is 7.35. The van der Waals surface area contributed by atoms with Gasteiger partial charge in [0.2, 0.25) is 0 Å². The smallest absolute Gasteiger partial charge is 0.163 e. The lowest BCUT2D eigenvalue weighted by atomic mass is 9.97. The Bertz CT molecular complexity index is 466. The van der Waals surface area contributed by atoms with Crippen molar-refractivity contribution in [3.05, 3.63) is 35.5 Å². The summed E-state index contributed by atoms with van der Waals surface area (Å²) in [7, 11) is 1.78. The molecule has 1 aliphatic rings. The highest BCUT2D eigenvalue weighted by molar-refractivity contribution is 6.19. The minimum absolute atomic E-state index is 0.0574. The van der Waals surface area contributed by atoms with E-state index in [9.17, 15) is 0 Å². The molecule has 3 atom stereocenters. The fraction of sp³-hybridized carbons (Fsp3) is 0.700. The predicted molar refractivity (Wildman–Crippen MR) is 101 cm³/mol. The van der Waals surface area contributed by atoms with Gasteiger partial charge in [-0.05, 0) is 40.5 Å². The van der Waals surface area contributed by atoms with Crippen molar-refractivity contribution in [2.45, 2.75) is 65.5 Å². The van der Waals surface area contributed by atoms with Crippen LogP contribution >= 0.6 is 11.6 Å². The van der Waals surface area contributed by atoms with Gasteiger partial charge in [-0.2, -0.15) is 0 Å². The Morgan fingerprint density at radius 2 is 2.04 bits per heavy atom. The van der Waals surface area contributed by atoms with Gasteiger partial charge in [-0.3, -0.25) is 0 Å². The van der Waals surface area contributed by atoms with Crippen LogP contribution in [-0.4, -0.2) is 37.6 Å². The zero-order valence-electron chi connectivity index (χ0n) is 16.0. The average molecular weight is 357 g/mol. The van der Waals surface area contributed by atoms with Crippen LogP contribution in [0.5, 0.6) is 0 Å². The fourth-order valence-corrected chi connectivity index (χ4v) is 2.82. The molecule has 0 saturated carbocycles. The van der Waals surface area contributed by atoms with E-state index in [1.807, 2.05) is 20.8 Å². The summed E-state index contributed by atoms with van der Waals surface area (Å²) < 4.78 is 17.1. The zero-order chi connectivity index (χ0) is 18.2. The summed E-state index contributed by atoms with van der Waals surface area (Å²) in [5, 5.41) is 0. The summed E-state index contributed by atoms with van der Waals surface area (Å²) >= 11 is 5.78.